The number of halogens is 8. The molecule has 0 saturated heterocycles. The normalized spacial score (nSPS) is 11.9. The molecule has 0 heterocycles. The van der Waals surface area contributed by atoms with Crippen molar-refractivity contribution in [3.8, 4) is 0 Å². The Labute approximate surface area is 167 Å². The molecule has 0 radical (unpaired) electrons. The highest BCUT2D eigenvalue weighted by Crippen LogP contribution is 2.48. The predicted molar refractivity (Wildman–Crippen MR) is 91.2 cm³/mol. The fourth-order valence-corrected chi connectivity index (χ4v) is 2.92. The Morgan fingerprint density at radius 1 is 0.966 bits per heavy atom. The lowest BCUT2D eigenvalue weighted by atomic mass is 10.2. The van der Waals surface area contributed by atoms with Gasteiger partial charge in [-0.05, 0) is 42.1 Å². The third-order valence-corrected chi connectivity index (χ3v) is 4.47. The zero-order valence-corrected chi connectivity index (χ0v) is 15.3. The SMILES string of the molecule is O=C(NC(=O)c1c(F)cccc1F)Nc1ccc(SC(F)(F)C(F)(F)F)cc1Cl. The first-order valence-corrected chi connectivity index (χ1v) is 8.50. The highest BCUT2D eigenvalue weighted by Gasteiger charge is 2.58. The van der Waals surface area contributed by atoms with Crippen molar-refractivity contribution in [1.82, 2.24) is 5.32 Å². The summed E-state index contributed by atoms with van der Waals surface area (Å²) < 4.78 is 89.8. The first kappa shape index (κ1) is 22.8. The van der Waals surface area contributed by atoms with Gasteiger partial charge < -0.3 is 5.32 Å². The summed E-state index contributed by atoms with van der Waals surface area (Å²) >= 11 is 4.93. The van der Waals surface area contributed by atoms with Gasteiger partial charge in [-0.1, -0.05) is 17.7 Å². The first-order valence-electron chi connectivity index (χ1n) is 7.31. The molecule has 13 heteroatoms. The molecule has 29 heavy (non-hydrogen) atoms. The Kier molecular flexibility index (Phi) is 6.68. The number of hydrogen-bond donors (Lipinski definition) is 2. The van der Waals surface area contributed by atoms with Crippen molar-refractivity contribution >= 4 is 41.0 Å². The van der Waals surface area contributed by atoms with E-state index in [1.54, 1.807) is 5.32 Å². The Bertz CT molecular complexity index is 933. The van der Waals surface area contributed by atoms with Crippen LogP contribution in [0.2, 0.25) is 5.02 Å². The van der Waals surface area contributed by atoms with E-state index in [4.69, 9.17) is 11.6 Å². The van der Waals surface area contributed by atoms with Crippen LogP contribution in [0.3, 0.4) is 0 Å². The van der Waals surface area contributed by atoms with E-state index in [1.807, 2.05) is 5.32 Å². The summed E-state index contributed by atoms with van der Waals surface area (Å²) in [6.07, 6.45) is -5.79. The van der Waals surface area contributed by atoms with Crippen molar-refractivity contribution in [3.63, 3.8) is 0 Å². The molecule has 0 bridgehead atoms. The van der Waals surface area contributed by atoms with E-state index in [9.17, 15) is 40.3 Å². The zero-order valence-electron chi connectivity index (χ0n) is 13.7. The van der Waals surface area contributed by atoms with Crippen LogP contribution in [0.1, 0.15) is 10.4 Å². The number of rotatable bonds is 4. The molecule has 0 fully saturated rings. The maximum absolute atomic E-state index is 13.5. The average molecular weight is 461 g/mol. The molecule has 0 atom stereocenters. The summed E-state index contributed by atoms with van der Waals surface area (Å²) in [7, 11) is 0. The molecule has 0 aliphatic carbocycles. The molecule has 2 N–H and O–H groups in total. The van der Waals surface area contributed by atoms with Gasteiger partial charge in [0, 0.05) is 4.90 Å². The van der Waals surface area contributed by atoms with E-state index in [2.05, 4.69) is 0 Å². The second-order valence-electron chi connectivity index (χ2n) is 5.26. The van der Waals surface area contributed by atoms with Gasteiger partial charge >= 0.3 is 17.5 Å². The van der Waals surface area contributed by atoms with Crippen LogP contribution in [0.25, 0.3) is 0 Å². The number of carbonyl (C=O) groups excluding carboxylic acids is 2. The monoisotopic (exact) mass is 460 g/mol. The van der Waals surface area contributed by atoms with Crippen molar-refractivity contribution in [2.75, 3.05) is 5.32 Å². The quantitative estimate of drug-likeness (QED) is 0.446. The maximum Gasteiger partial charge on any atom is 0.464 e. The number of urea groups is 1. The standard InChI is InChI=1S/C16H8ClF7N2O2S/c17-8-6-7(29-16(23,24)15(20,21)22)4-5-11(8)25-14(28)26-13(27)12-9(18)2-1-3-10(12)19/h1-6H,(H2,25,26,27,28). The van der Waals surface area contributed by atoms with E-state index >= 15 is 0 Å². The maximum atomic E-state index is 13.5. The molecular formula is C16H8ClF7N2O2S. The topological polar surface area (TPSA) is 58.2 Å². The fraction of sp³-hybridized carbons (Fsp3) is 0.125. The Hall–Kier alpha value is -2.47. The smallest absolute Gasteiger partial charge is 0.306 e. The van der Waals surface area contributed by atoms with E-state index in [0.29, 0.717) is 0 Å². The number of benzene rings is 2. The van der Waals surface area contributed by atoms with Crippen LogP contribution in [-0.2, 0) is 0 Å². The molecule has 156 valence electrons. The molecule has 0 aliphatic rings. The lowest BCUT2D eigenvalue weighted by molar-refractivity contribution is -0.237. The number of hydrogen-bond acceptors (Lipinski definition) is 3. The number of imide groups is 1. The minimum atomic E-state index is -5.79. The summed E-state index contributed by atoms with van der Waals surface area (Å²) in [6.45, 7) is 0. The second kappa shape index (κ2) is 8.49. The molecular weight excluding hydrogens is 453 g/mol. The number of amides is 3. The lowest BCUT2D eigenvalue weighted by Gasteiger charge is -2.19. The largest absolute Gasteiger partial charge is 0.464 e. The van der Waals surface area contributed by atoms with Crippen LogP contribution < -0.4 is 10.6 Å². The van der Waals surface area contributed by atoms with Crippen molar-refractivity contribution in [2.45, 2.75) is 16.3 Å². The highest BCUT2D eigenvalue weighted by atomic mass is 35.5. The molecule has 2 rings (SSSR count). The molecule has 3 amide bonds. The van der Waals surface area contributed by atoms with Gasteiger partial charge in [0.25, 0.3) is 5.91 Å². The molecule has 0 aliphatic heterocycles. The van der Waals surface area contributed by atoms with Gasteiger partial charge in [-0.15, -0.1) is 0 Å². The van der Waals surface area contributed by atoms with Crippen LogP contribution in [-0.4, -0.2) is 23.4 Å². The van der Waals surface area contributed by atoms with Gasteiger partial charge in [0.1, 0.15) is 17.2 Å². The van der Waals surface area contributed by atoms with E-state index in [0.717, 1.165) is 36.4 Å². The molecule has 0 aromatic heterocycles. The molecule has 4 nitrogen and oxygen atoms in total. The van der Waals surface area contributed by atoms with Gasteiger partial charge in [0.2, 0.25) is 0 Å². The lowest BCUT2D eigenvalue weighted by Crippen LogP contribution is -2.35. The minimum Gasteiger partial charge on any atom is -0.306 e. The Morgan fingerprint density at radius 3 is 2.07 bits per heavy atom. The minimum absolute atomic E-state index is 0.259. The summed E-state index contributed by atoms with van der Waals surface area (Å²) in [4.78, 5) is 23.0. The third kappa shape index (κ3) is 5.54. The summed E-state index contributed by atoms with van der Waals surface area (Å²) in [6, 6.07) is 3.78. The third-order valence-electron chi connectivity index (χ3n) is 3.18. The molecule has 2 aromatic carbocycles. The number of nitrogens with one attached hydrogen (secondary N) is 2. The Balaban J connectivity index is 2.09. The van der Waals surface area contributed by atoms with Crippen molar-refractivity contribution < 1.29 is 40.3 Å². The number of carbonyl (C=O) groups is 2. The number of anilines is 1. The van der Waals surface area contributed by atoms with Crippen LogP contribution in [0.5, 0.6) is 0 Å². The van der Waals surface area contributed by atoms with Crippen molar-refractivity contribution in [3.05, 3.63) is 58.6 Å². The predicted octanol–water partition coefficient (Wildman–Crippen LogP) is 5.83. The van der Waals surface area contributed by atoms with Crippen LogP contribution in [0.4, 0.5) is 41.2 Å². The molecule has 0 unspecified atom stereocenters. The van der Waals surface area contributed by atoms with Crippen LogP contribution >= 0.6 is 23.4 Å². The van der Waals surface area contributed by atoms with E-state index in [1.165, 1.54) is 0 Å². The van der Waals surface area contributed by atoms with E-state index in [-0.39, 0.29) is 5.69 Å². The average Bonchev–Trinajstić information content (AvgIpc) is 2.55. The van der Waals surface area contributed by atoms with Crippen molar-refractivity contribution in [2.24, 2.45) is 0 Å². The van der Waals surface area contributed by atoms with Gasteiger partial charge in [0.05, 0.1) is 10.7 Å². The van der Waals surface area contributed by atoms with Crippen molar-refractivity contribution in [1.29, 1.82) is 0 Å². The van der Waals surface area contributed by atoms with Crippen LogP contribution in [0, 0.1) is 11.6 Å². The summed E-state index contributed by atoms with van der Waals surface area (Å²) in [5, 5.41) is -1.87. The highest BCUT2D eigenvalue weighted by molar-refractivity contribution is 8.00. The molecule has 0 spiro atoms. The Morgan fingerprint density at radius 2 is 1.55 bits per heavy atom. The van der Waals surface area contributed by atoms with Crippen LogP contribution in [0.15, 0.2) is 41.3 Å². The number of alkyl halides is 5. The number of thioether (sulfide) groups is 1. The zero-order chi connectivity index (χ0) is 22.0. The van der Waals surface area contributed by atoms with Gasteiger partial charge in [-0.25, -0.2) is 13.6 Å². The summed E-state index contributed by atoms with van der Waals surface area (Å²) in [5.41, 5.74) is -1.28. The van der Waals surface area contributed by atoms with Gasteiger partial charge in [-0.3, -0.25) is 10.1 Å². The summed E-state index contributed by atoms with van der Waals surface area (Å²) in [5.74, 6) is -3.85. The van der Waals surface area contributed by atoms with Gasteiger partial charge in [-0.2, -0.15) is 22.0 Å². The second-order valence-corrected chi connectivity index (χ2v) is 6.86. The first-order chi connectivity index (χ1) is 13.3. The fourth-order valence-electron chi connectivity index (χ4n) is 1.90. The van der Waals surface area contributed by atoms with E-state index < -0.39 is 62.2 Å². The molecule has 2 aromatic rings. The van der Waals surface area contributed by atoms with Gasteiger partial charge in [0.15, 0.2) is 0 Å². The molecule has 0 saturated carbocycles.